The molecule has 0 fully saturated rings. The lowest BCUT2D eigenvalue weighted by atomic mass is 10.2. The molecular weight excluding hydrogens is 198 g/mol. The third kappa shape index (κ3) is 29.2. The molecule has 0 aromatic rings. The van der Waals surface area contributed by atoms with Crippen molar-refractivity contribution < 1.29 is 5.11 Å². The highest BCUT2D eigenvalue weighted by molar-refractivity contribution is 4.91. The van der Waals surface area contributed by atoms with Gasteiger partial charge in [-0.05, 0) is 19.9 Å². The lowest BCUT2D eigenvalue weighted by Gasteiger charge is -2.08. The summed E-state index contributed by atoms with van der Waals surface area (Å²) in [5.74, 6) is 0. The zero-order valence-corrected chi connectivity index (χ0v) is 12.8. The molecule has 2 N–H and O–H groups in total. The van der Waals surface area contributed by atoms with E-state index in [1.165, 1.54) is 0 Å². The van der Waals surface area contributed by atoms with Gasteiger partial charge in [0, 0.05) is 12.6 Å². The molecule has 0 saturated carbocycles. The van der Waals surface area contributed by atoms with Crippen molar-refractivity contribution in [1.82, 2.24) is 5.32 Å². The van der Waals surface area contributed by atoms with Gasteiger partial charge in [-0.3, -0.25) is 0 Å². The molecule has 0 rings (SSSR count). The van der Waals surface area contributed by atoms with Gasteiger partial charge in [-0.15, -0.1) is 0 Å². The normalized spacial score (nSPS) is 10.1. The molecule has 1 unspecified atom stereocenters. The van der Waals surface area contributed by atoms with Crippen molar-refractivity contribution in [3.05, 3.63) is 12.2 Å². The van der Waals surface area contributed by atoms with E-state index >= 15 is 0 Å². The summed E-state index contributed by atoms with van der Waals surface area (Å²) in [6.07, 6.45) is 6.06. The molecule has 0 radical (unpaired) electrons. The Morgan fingerprint density at radius 2 is 1.50 bits per heavy atom. The first kappa shape index (κ1) is 24.8. The van der Waals surface area contributed by atoms with Crippen molar-refractivity contribution in [2.75, 3.05) is 13.7 Å². The van der Waals surface area contributed by atoms with Crippen LogP contribution < -0.4 is 5.32 Å². The fourth-order valence-corrected chi connectivity index (χ4v) is 0.776. The summed E-state index contributed by atoms with van der Waals surface area (Å²) in [6, 6.07) is 0.338. The molecule has 16 heavy (non-hydrogen) atoms. The van der Waals surface area contributed by atoms with Gasteiger partial charge in [0.15, 0.2) is 0 Å². The van der Waals surface area contributed by atoms with Crippen molar-refractivity contribution >= 4 is 0 Å². The minimum Gasteiger partial charge on any atom is -0.396 e. The number of allylic oxidation sites excluding steroid dienone is 1. The monoisotopic (exact) mass is 233 g/mol. The van der Waals surface area contributed by atoms with Crippen molar-refractivity contribution in [3.8, 4) is 0 Å². The van der Waals surface area contributed by atoms with Crippen LogP contribution in [0.15, 0.2) is 12.2 Å². The third-order valence-electron chi connectivity index (χ3n) is 1.41. The van der Waals surface area contributed by atoms with E-state index in [0.29, 0.717) is 6.04 Å². The predicted molar refractivity (Wildman–Crippen MR) is 78.0 cm³/mol. The second kappa shape index (κ2) is 36.5. The highest BCUT2D eigenvalue weighted by Crippen LogP contribution is 1.92. The second-order valence-electron chi connectivity index (χ2n) is 2.24. The number of aliphatic hydroxyl groups is 1. The number of rotatable bonds is 5. The molecule has 0 aromatic heterocycles. The van der Waals surface area contributed by atoms with Crippen LogP contribution in [0, 0.1) is 0 Å². The Bertz CT molecular complexity index is 92.7. The van der Waals surface area contributed by atoms with E-state index < -0.39 is 0 Å². The Hall–Kier alpha value is -0.340. The van der Waals surface area contributed by atoms with Crippen LogP contribution in [-0.4, -0.2) is 24.8 Å². The molecule has 0 spiro atoms. The van der Waals surface area contributed by atoms with Crippen molar-refractivity contribution in [2.24, 2.45) is 0 Å². The largest absolute Gasteiger partial charge is 0.396 e. The van der Waals surface area contributed by atoms with Crippen molar-refractivity contribution in [3.63, 3.8) is 0 Å². The van der Waals surface area contributed by atoms with Crippen LogP contribution in [-0.2, 0) is 0 Å². The second-order valence-corrected chi connectivity index (χ2v) is 2.24. The summed E-state index contributed by atoms with van der Waals surface area (Å²) < 4.78 is 0. The van der Waals surface area contributed by atoms with Crippen LogP contribution >= 0.6 is 0 Å². The maximum Gasteiger partial charge on any atom is 0.0448 e. The lowest BCUT2D eigenvalue weighted by Crippen LogP contribution is -2.23. The molecule has 0 bridgehead atoms. The van der Waals surface area contributed by atoms with Crippen LogP contribution in [0.5, 0.6) is 0 Å². The minimum absolute atomic E-state index is 0.250. The molecule has 1 atom stereocenters. The van der Waals surface area contributed by atoms with Gasteiger partial charge >= 0.3 is 0 Å². The fraction of sp³-hybridized carbons (Fsp3) is 0.857. The molecule has 0 amide bonds. The zero-order valence-electron chi connectivity index (χ0n) is 12.8. The highest BCUT2D eigenvalue weighted by atomic mass is 16.3. The van der Waals surface area contributed by atoms with Crippen LogP contribution in [0.3, 0.4) is 0 Å². The van der Waals surface area contributed by atoms with Gasteiger partial charge in [0.25, 0.3) is 0 Å². The van der Waals surface area contributed by atoms with Crippen LogP contribution in [0.4, 0.5) is 0 Å². The van der Waals surface area contributed by atoms with Gasteiger partial charge in [0.1, 0.15) is 0 Å². The summed E-state index contributed by atoms with van der Waals surface area (Å²) in [5, 5.41) is 11.7. The molecule has 0 saturated heterocycles. The Labute approximate surface area is 104 Å². The van der Waals surface area contributed by atoms with Crippen LogP contribution in [0.2, 0.25) is 0 Å². The summed E-state index contributed by atoms with van der Waals surface area (Å²) in [4.78, 5) is 0. The molecule has 2 nitrogen and oxygen atoms in total. The van der Waals surface area contributed by atoms with Gasteiger partial charge in [-0.25, -0.2) is 0 Å². The molecule has 102 valence electrons. The first-order chi connectivity index (χ1) is 7.85. The maximum absolute atomic E-state index is 8.59. The summed E-state index contributed by atoms with van der Waals surface area (Å²) >= 11 is 0. The Morgan fingerprint density at radius 3 is 1.75 bits per heavy atom. The quantitative estimate of drug-likeness (QED) is 0.703. The minimum atomic E-state index is 0.250. The summed E-state index contributed by atoms with van der Waals surface area (Å²) in [7, 11) is 1.90. The van der Waals surface area contributed by atoms with Crippen LogP contribution in [0.1, 0.15) is 61.3 Å². The number of likely N-dealkylation sites (N-methyl/N-ethyl adjacent to an activating group) is 1. The Morgan fingerprint density at radius 1 is 1.06 bits per heavy atom. The van der Waals surface area contributed by atoms with Crippen molar-refractivity contribution in [2.45, 2.75) is 67.3 Å². The molecule has 0 heterocycles. The first-order valence-electron chi connectivity index (χ1n) is 6.80. The van der Waals surface area contributed by atoms with Crippen molar-refractivity contribution in [1.29, 1.82) is 0 Å². The van der Waals surface area contributed by atoms with E-state index in [4.69, 9.17) is 5.11 Å². The van der Waals surface area contributed by atoms with Gasteiger partial charge in [0.05, 0.1) is 0 Å². The molecule has 0 aliphatic rings. The van der Waals surface area contributed by atoms with Gasteiger partial charge in [0.2, 0.25) is 0 Å². The number of aliphatic hydroxyl groups excluding tert-OH is 1. The first-order valence-corrected chi connectivity index (χ1v) is 6.80. The summed E-state index contributed by atoms with van der Waals surface area (Å²) in [5.41, 5.74) is 0. The molecular formula is C14H35NO. The number of hydrogen-bond donors (Lipinski definition) is 2. The molecule has 2 heteroatoms. The lowest BCUT2D eigenvalue weighted by molar-refractivity contribution is 0.277. The summed E-state index contributed by atoms with van der Waals surface area (Å²) in [6.45, 7) is 14.3. The Kier molecular flexibility index (Phi) is 56.4. The average Bonchev–Trinajstić information content (AvgIpc) is 2.41. The van der Waals surface area contributed by atoms with E-state index in [1.54, 1.807) is 0 Å². The smallest absolute Gasteiger partial charge is 0.0448 e. The number of hydrogen-bond acceptors (Lipinski definition) is 2. The molecule has 0 aliphatic heterocycles. The third-order valence-corrected chi connectivity index (χ3v) is 1.41. The van der Waals surface area contributed by atoms with Gasteiger partial charge in [-0.1, -0.05) is 60.6 Å². The van der Waals surface area contributed by atoms with Gasteiger partial charge < -0.3 is 10.4 Å². The van der Waals surface area contributed by atoms with E-state index in [-0.39, 0.29) is 6.61 Å². The van der Waals surface area contributed by atoms with E-state index in [2.05, 4.69) is 24.4 Å². The maximum atomic E-state index is 8.59. The topological polar surface area (TPSA) is 32.3 Å². The van der Waals surface area contributed by atoms with E-state index in [1.807, 2.05) is 48.6 Å². The standard InChI is InChI=1S/C8H17NO.3C2H6/c1-3-4-5-8(9-2)6-7-10;3*1-2/h4-5,8-10H,3,6-7H2,1-2H3;3*1-2H3/b5-4+;;;. The predicted octanol–water partition coefficient (Wildman–Crippen LogP) is 4.00. The molecule has 0 aliphatic carbocycles. The zero-order chi connectivity index (χ0) is 13.8. The van der Waals surface area contributed by atoms with Crippen LogP contribution in [0.25, 0.3) is 0 Å². The van der Waals surface area contributed by atoms with E-state index in [0.717, 1.165) is 12.8 Å². The fourth-order valence-electron chi connectivity index (χ4n) is 0.776. The van der Waals surface area contributed by atoms with E-state index in [9.17, 15) is 0 Å². The SMILES string of the molecule is CC.CC.CC.CC/C=C/C(CCO)NC. The van der Waals surface area contributed by atoms with Gasteiger partial charge in [-0.2, -0.15) is 0 Å². The Balaban J connectivity index is -0.000000103. The highest BCUT2D eigenvalue weighted by Gasteiger charge is 1.96. The molecule has 0 aromatic carbocycles. The average molecular weight is 233 g/mol. The number of nitrogens with one attached hydrogen (secondary N) is 1.